The minimum absolute atomic E-state index is 0.626. The highest BCUT2D eigenvalue weighted by Crippen LogP contribution is 2.12. The highest BCUT2D eigenvalue weighted by atomic mass is 15.2. The molecular formula is C10H14N4. The molecule has 0 saturated carbocycles. The van der Waals surface area contributed by atoms with E-state index in [1.807, 2.05) is 12.4 Å². The van der Waals surface area contributed by atoms with Gasteiger partial charge in [-0.05, 0) is 17.9 Å². The zero-order valence-corrected chi connectivity index (χ0v) is 8.44. The Labute approximate surface area is 82.8 Å². The Morgan fingerprint density at radius 2 is 2.21 bits per heavy atom. The van der Waals surface area contributed by atoms with Crippen LogP contribution >= 0.6 is 0 Å². The molecule has 0 aliphatic rings. The van der Waals surface area contributed by atoms with Crippen LogP contribution in [0.2, 0.25) is 0 Å². The van der Waals surface area contributed by atoms with Gasteiger partial charge in [0.05, 0.1) is 11.9 Å². The van der Waals surface area contributed by atoms with Crippen molar-refractivity contribution in [1.82, 2.24) is 14.6 Å². The SMILES string of the molecule is CC(C)Cc1cnc2c(N)cnn2c1. The van der Waals surface area contributed by atoms with Crippen LogP contribution in [0.15, 0.2) is 18.6 Å². The van der Waals surface area contributed by atoms with Crippen LogP contribution in [0.1, 0.15) is 19.4 Å². The summed E-state index contributed by atoms with van der Waals surface area (Å²) in [6.45, 7) is 4.36. The molecule has 0 fully saturated rings. The number of rotatable bonds is 2. The van der Waals surface area contributed by atoms with Gasteiger partial charge in [0.1, 0.15) is 0 Å². The smallest absolute Gasteiger partial charge is 0.178 e. The summed E-state index contributed by atoms with van der Waals surface area (Å²) in [5.74, 6) is 0.627. The molecule has 0 spiro atoms. The molecule has 0 unspecified atom stereocenters. The Balaban J connectivity index is 2.42. The predicted octanol–water partition coefficient (Wildman–Crippen LogP) is 1.51. The van der Waals surface area contributed by atoms with Crippen molar-refractivity contribution in [1.29, 1.82) is 0 Å². The van der Waals surface area contributed by atoms with E-state index in [0.717, 1.165) is 12.1 Å². The molecule has 0 bridgehead atoms. The average Bonchev–Trinajstić information content (AvgIpc) is 2.46. The first kappa shape index (κ1) is 8.99. The molecule has 0 saturated heterocycles. The molecular weight excluding hydrogens is 176 g/mol. The van der Waals surface area contributed by atoms with E-state index in [9.17, 15) is 0 Å². The number of hydrogen-bond acceptors (Lipinski definition) is 3. The minimum atomic E-state index is 0.626. The fraction of sp³-hybridized carbons (Fsp3) is 0.400. The molecule has 0 radical (unpaired) electrons. The van der Waals surface area contributed by atoms with E-state index < -0.39 is 0 Å². The Bertz CT molecular complexity index is 444. The van der Waals surface area contributed by atoms with E-state index in [0.29, 0.717) is 11.6 Å². The molecule has 2 aromatic heterocycles. The molecule has 4 nitrogen and oxygen atoms in total. The van der Waals surface area contributed by atoms with Gasteiger partial charge in [-0.15, -0.1) is 0 Å². The lowest BCUT2D eigenvalue weighted by Crippen LogP contribution is -1.99. The largest absolute Gasteiger partial charge is 0.394 e. The van der Waals surface area contributed by atoms with E-state index in [1.165, 1.54) is 5.56 Å². The summed E-state index contributed by atoms with van der Waals surface area (Å²) in [7, 11) is 0. The normalized spacial score (nSPS) is 11.4. The molecule has 2 aromatic rings. The van der Waals surface area contributed by atoms with Crippen LogP contribution in [0.5, 0.6) is 0 Å². The quantitative estimate of drug-likeness (QED) is 0.781. The summed E-state index contributed by atoms with van der Waals surface area (Å²) in [5.41, 5.74) is 8.23. The molecule has 0 aromatic carbocycles. The Morgan fingerprint density at radius 3 is 2.93 bits per heavy atom. The van der Waals surface area contributed by atoms with Crippen molar-refractivity contribution in [3.8, 4) is 0 Å². The van der Waals surface area contributed by atoms with Crippen molar-refractivity contribution in [3.05, 3.63) is 24.2 Å². The molecule has 14 heavy (non-hydrogen) atoms. The van der Waals surface area contributed by atoms with E-state index in [2.05, 4.69) is 23.9 Å². The Kier molecular flexibility index (Phi) is 2.11. The monoisotopic (exact) mass is 190 g/mol. The minimum Gasteiger partial charge on any atom is -0.394 e. The third-order valence-corrected chi connectivity index (χ3v) is 2.08. The van der Waals surface area contributed by atoms with Gasteiger partial charge in [0, 0.05) is 12.4 Å². The number of fused-ring (bicyclic) bond motifs is 1. The van der Waals surface area contributed by atoms with Gasteiger partial charge >= 0.3 is 0 Å². The summed E-state index contributed by atoms with van der Waals surface area (Å²) in [6, 6.07) is 0. The maximum absolute atomic E-state index is 5.68. The lowest BCUT2D eigenvalue weighted by atomic mass is 10.1. The van der Waals surface area contributed by atoms with Crippen molar-refractivity contribution < 1.29 is 0 Å². The number of aromatic nitrogens is 3. The molecule has 2 rings (SSSR count). The van der Waals surface area contributed by atoms with Gasteiger partial charge in [0.15, 0.2) is 5.65 Å². The van der Waals surface area contributed by atoms with Crippen LogP contribution < -0.4 is 5.73 Å². The van der Waals surface area contributed by atoms with Crippen molar-refractivity contribution in [2.75, 3.05) is 5.73 Å². The maximum Gasteiger partial charge on any atom is 0.178 e. The summed E-state index contributed by atoms with van der Waals surface area (Å²) in [6.07, 6.45) is 6.50. The fourth-order valence-corrected chi connectivity index (χ4v) is 1.51. The zero-order valence-electron chi connectivity index (χ0n) is 8.44. The Hall–Kier alpha value is -1.58. The average molecular weight is 190 g/mol. The highest BCUT2D eigenvalue weighted by Gasteiger charge is 2.03. The molecule has 4 heteroatoms. The third kappa shape index (κ3) is 1.55. The van der Waals surface area contributed by atoms with Gasteiger partial charge < -0.3 is 5.73 Å². The number of nitrogen functional groups attached to an aromatic ring is 1. The second-order valence-corrected chi connectivity index (χ2v) is 3.93. The van der Waals surface area contributed by atoms with Crippen LogP contribution in [0.25, 0.3) is 5.65 Å². The van der Waals surface area contributed by atoms with Crippen LogP contribution in [-0.4, -0.2) is 14.6 Å². The lowest BCUT2D eigenvalue weighted by Gasteiger charge is -2.04. The van der Waals surface area contributed by atoms with Gasteiger partial charge in [-0.2, -0.15) is 5.10 Å². The second-order valence-electron chi connectivity index (χ2n) is 3.93. The lowest BCUT2D eigenvalue weighted by molar-refractivity contribution is 0.641. The number of nitrogens with two attached hydrogens (primary N) is 1. The van der Waals surface area contributed by atoms with Crippen LogP contribution in [0, 0.1) is 5.92 Å². The van der Waals surface area contributed by atoms with Crippen LogP contribution in [0.3, 0.4) is 0 Å². The molecule has 74 valence electrons. The number of anilines is 1. The van der Waals surface area contributed by atoms with Gasteiger partial charge in [0.2, 0.25) is 0 Å². The topological polar surface area (TPSA) is 56.2 Å². The zero-order chi connectivity index (χ0) is 10.1. The maximum atomic E-state index is 5.68. The molecule has 0 aliphatic carbocycles. The van der Waals surface area contributed by atoms with E-state index in [1.54, 1.807) is 10.7 Å². The van der Waals surface area contributed by atoms with Gasteiger partial charge in [-0.25, -0.2) is 9.50 Å². The molecule has 2 heterocycles. The van der Waals surface area contributed by atoms with Crippen molar-refractivity contribution >= 4 is 11.3 Å². The summed E-state index contributed by atoms with van der Waals surface area (Å²) < 4.78 is 1.73. The Morgan fingerprint density at radius 1 is 1.43 bits per heavy atom. The predicted molar refractivity (Wildman–Crippen MR) is 55.9 cm³/mol. The highest BCUT2D eigenvalue weighted by molar-refractivity contribution is 5.62. The molecule has 0 aliphatic heterocycles. The molecule has 2 N–H and O–H groups in total. The first-order valence-electron chi connectivity index (χ1n) is 4.74. The second kappa shape index (κ2) is 3.29. The fourth-order valence-electron chi connectivity index (χ4n) is 1.51. The first-order chi connectivity index (χ1) is 6.66. The number of nitrogens with zero attached hydrogens (tertiary/aromatic N) is 3. The summed E-state index contributed by atoms with van der Waals surface area (Å²) >= 11 is 0. The van der Waals surface area contributed by atoms with Crippen molar-refractivity contribution in [2.24, 2.45) is 5.92 Å². The molecule has 0 amide bonds. The van der Waals surface area contributed by atoms with Gasteiger partial charge in [0.25, 0.3) is 0 Å². The standard InChI is InChI=1S/C10H14N4/c1-7(2)3-8-4-12-10-9(11)5-13-14(10)6-8/h4-7H,3,11H2,1-2H3. The van der Waals surface area contributed by atoms with Crippen molar-refractivity contribution in [3.63, 3.8) is 0 Å². The van der Waals surface area contributed by atoms with E-state index in [-0.39, 0.29) is 0 Å². The van der Waals surface area contributed by atoms with Gasteiger partial charge in [-0.1, -0.05) is 13.8 Å². The van der Waals surface area contributed by atoms with E-state index in [4.69, 9.17) is 5.73 Å². The summed E-state index contributed by atoms with van der Waals surface area (Å²) in [5, 5.41) is 4.12. The summed E-state index contributed by atoms with van der Waals surface area (Å²) in [4.78, 5) is 4.27. The first-order valence-corrected chi connectivity index (χ1v) is 4.74. The third-order valence-electron chi connectivity index (χ3n) is 2.08. The molecule has 0 atom stereocenters. The van der Waals surface area contributed by atoms with Crippen molar-refractivity contribution in [2.45, 2.75) is 20.3 Å². The van der Waals surface area contributed by atoms with Crippen LogP contribution in [0.4, 0.5) is 5.69 Å². The van der Waals surface area contributed by atoms with E-state index >= 15 is 0 Å². The van der Waals surface area contributed by atoms with Gasteiger partial charge in [-0.3, -0.25) is 0 Å². The number of hydrogen-bond donors (Lipinski definition) is 1. The van der Waals surface area contributed by atoms with Crippen LogP contribution in [-0.2, 0) is 6.42 Å².